The Bertz CT molecular complexity index is 1290. The average Bonchev–Trinajstić information content (AvgIpc) is 2.83. The molecule has 3 aromatic carbocycles. The SMILES string of the molecule is CCOc1ccc(C(C)=NNc2ccc([N+](=O)[O-])cc2S(=O)(=O)Nc2ccc(OC)cc2)cc1. The lowest BCUT2D eigenvalue weighted by Gasteiger charge is -2.13. The van der Waals surface area contributed by atoms with Gasteiger partial charge in [-0.05, 0) is 74.0 Å². The monoisotopic (exact) mass is 484 g/mol. The third-order valence-electron chi connectivity index (χ3n) is 4.73. The molecule has 0 heterocycles. The molecule has 0 atom stereocenters. The van der Waals surface area contributed by atoms with Crippen LogP contribution < -0.4 is 19.6 Å². The number of anilines is 2. The van der Waals surface area contributed by atoms with Gasteiger partial charge >= 0.3 is 0 Å². The van der Waals surface area contributed by atoms with Crippen LogP contribution in [0, 0.1) is 10.1 Å². The van der Waals surface area contributed by atoms with Gasteiger partial charge < -0.3 is 9.47 Å². The topological polar surface area (TPSA) is 132 Å². The maximum atomic E-state index is 13.1. The van der Waals surface area contributed by atoms with E-state index in [0.717, 1.165) is 17.4 Å². The molecule has 0 amide bonds. The third-order valence-corrected chi connectivity index (χ3v) is 6.16. The zero-order valence-corrected chi connectivity index (χ0v) is 19.6. The summed E-state index contributed by atoms with van der Waals surface area (Å²) in [6.07, 6.45) is 0. The Morgan fingerprint density at radius 2 is 1.68 bits per heavy atom. The van der Waals surface area contributed by atoms with Crippen molar-refractivity contribution in [3.63, 3.8) is 0 Å². The molecule has 0 aromatic heterocycles. The quantitative estimate of drug-likeness (QED) is 0.243. The Morgan fingerprint density at radius 1 is 1.03 bits per heavy atom. The van der Waals surface area contributed by atoms with Gasteiger partial charge in [0.15, 0.2) is 0 Å². The van der Waals surface area contributed by atoms with E-state index in [1.807, 2.05) is 19.1 Å². The van der Waals surface area contributed by atoms with E-state index in [0.29, 0.717) is 18.1 Å². The van der Waals surface area contributed by atoms with E-state index in [-0.39, 0.29) is 22.0 Å². The first-order chi connectivity index (χ1) is 16.2. The van der Waals surface area contributed by atoms with Gasteiger partial charge in [0.05, 0.1) is 30.0 Å². The maximum absolute atomic E-state index is 13.1. The molecule has 0 aliphatic carbocycles. The van der Waals surface area contributed by atoms with E-state index in [1.165, 1.54) is 31.4 Å². The molecule has 0 unspecified atom stereocenters. The van der Waals surface area contributed by atoms with Gasteiger partial charge in [-0.15, -0.1) is 0 Å². The lowest BCUT2D eigenvalue weighted by Crippen LogP contribution is -2.15. The molecule has 0 fully saturated rings. The number of nitro benzene ring substituents is 1. The Balaban J connectivity index is 1.91. The van der Waals surface area contributed by atoms with Crippen molar-refractivity contribution in [3.05, 3.63) is 82.4 Å². The number of sulfonamides is 1. The van der Waals surface area contributed by atoms with Crippen molar-refractivity contribution in [3.8, 4) is 11.5 Å². The molecule has 178 valence electrons. The molecule has 0 spiro atoms. The van der Waals surface area contributed by atoms with Crippen LogP contribution in [0.15, 0.2) is 76.7 Å². The second-order valence-electron chi connectivity index (χ2n) is 7.04. The van der Waals surface area contributed by atoms with Gasteiger partial charge in [0, 0.05) is 17.8 Å². The van der Waals surface area contributed by atoms with Crippen molar-refractivity contribution in [2.24, 2.45) is 5.10 Å². The number of rotatable bonds is 10. The van der Waals surface area contributed by atoms with E-state index in [2.05, 4.69) is 15.2 Å². The summed E-state index contributed by atoms with van der Waals surface area (Å²) in [6.45, 7) is 4.19. The molecule has 3 rings (SSSR count). The molecule has 2 N–H and O–H groups in total. The number of methoxy groups -OCH3 is 1. The minimum absolute atomic E-state index is 0.0805. The first-order valence-corrected chi connectivity index (χ1v) is 11.7. The summed E-state index contributed by atoms with van der Waals surface area (Å²) in [6, 6.07) is 17.0. The van der Waals surface area contributed by atoms with Crippen molar-refractivity contribution in [1.82, 2.24) is 0 Å². The highest BCUT2D eigenvalue weighted by Crippen LogP contribution is 2.29. The summed E-state index contributed by atoms with van der Waals surface area (Å²) in [5, 5.41) is 15.5. The Hall–Kier alpha value is -4.12. The molecule has 34 heavy (non-hydrogen) atoms. The number of benzene rings is 3. The summed E-state index contributed by atoms with van der Waals surface area (Å²) >= 11 is 0. The highest BCUT2D eigenvalue weighted by atomic mass is 32.2. The molecule has 0 bridgehead atoms. The van der Waals surface area contributed by atoms with Gasteiger partial charge in [0.25, 0.3) is 15.7 Å². The molecule has 3 aromatic rings. The number of nitro groups is 1. The smallest absolute Gasteiger partial charge is 0.270 e. The van der Waals surface area contributed by atoms with Crippen LogP contribution in [0.4, 0.5) is 17.1 Å². The van der Waals surface area contributed by atoms with Crippen LogP contribution in [-0.2, 0) is 10.0 Å². The van der Waals surface area contributed by atoms with E-state index in [1.54, 1.807) is 31.2 Å². The normalized spacial score (nSPS) is 11.6. The fourth-order valence-electron chi connectivity index (χ4n) is 2.98. The molecule has 11 heteroatoms. The summed E-state index contributed by atoms with van der Waals surface area (Å²) in [5.74, 6) is 1.28. The van der Waals surface area contributed by atoms with Crippen molar-refractivity contribution < 1.29 is 22.8 Å². The summed E-state index contributed by atoms with van der Waals surface area (Å²) in [7, 11) is -2.69. The number of nitrogens with one attached hydrogen (secondary N) is 2. The first kappa shape index (κ1) is 24.5. The van der Waals surface area contributed by atoms with E-state index < -0.39 is 14.9 Å². The van der Waals surface area contributed by atoms with Crippen LogP contribution in [0.2, 0.25) is 0 Å². The van der Waals surface area contributed by atoms with Crippen LogP contribution in [0.1, 0.15) is 19.4 Å². The lowest BCUT2D eigenvalue weighted by atomic mass is 10.1. The van der Waals surface area contributed by atoms with Gasteiger partial charge in [-0.2, -0.15) is 5.10 Å². The molecule has 0 radical (unpaired) electrons. The average molecular weight is 485 g/mol. The zero-order valence-electron chi connectivity index (χ0n) is 18.8. The lowest BCUT2D eigenvalue weighted by molar-refractivity contribution is -0.385. The standard InChI is InChI=1S/C23H24N4O6S/c1-4-33-21-10-5-17(6-11-21)16(2)24-25-22-14-9-19(27(28)29)15-23(22)34(30,31)26-18-7-12-20(32-3)13-8-18/h5-15,25-26H,4H2,1-3H3. The summed E-state index contributed by atoms with van der Waals surface area (Å²) < 4.78 is 39.1. The van der Waals surface area contributed by atoms with E-state index in [9.17, 15) is 18.5 Å². The van der Waals surface area contributed by atoms with Gasteiger partial charge in [-0.25, -0.2) is 8.42 Å². The summed E-state index contributed by atoms with van der Waals surface area (Å²) in [4.78, 5) is 10.3. The number of hydrazone groups is 1. The Kier molecular flexibility index (Phi) is 7.69. The predicted molar refractivity (Wildman–Crippen MR) is 130 cm³/mol. The second kappa shape index (κ2) is 10.7. The van der Waals surface area contributed by atoms with Crippen LogP contribution in [-0.4, -0.2) is 32.8 Å². The largest absolute Gasteiger partial charge is 0.497 e. The van der Waals surface area contributed by atoms with Gasteiger partial charge in [0.2, 0.25) is 0 Å². The maximum Gasteiger partial charge on any atom is 0.270 e. The van der Waals surface area contributed by atoms with Gasteiger partial charge in [-0.3, -0.25) is 20.3 Å². The van der Waals surface area contributed by atoms with Crippen molar-refractivity contribution in [2.75, 3.05) is 23.9 Å². The Labute approximate surface area is 197 Å². The molecule has 0 aliphatic rings. The molecule has 10 nitrogen and oxygen atoms in total. The Morgan fingerprint density at radius 3 is 2.26 bits per heavy atom. The highest BCUT2D eigenvalue weighted by molar-refractivity contribution is 7.92. The minimum atomic E-state index is -4.19. The van der Waals surface area contributed by atoms with Crippen molar-refractivity contribution in [1.29, 1.82) is 0 Å². The van der Waals surface area contributed by atoms with Crippen LogP contribution >= 0.6 is 0 Å². The molecule has 0 saturated heterocycles. The number of hydrogen-bond donors (Lipinski definition) is 2. The first-order valence-electron chi connectivity index (χ1n) is 10.2. The van der Waals surface area contributed by atoms with E-state index >= 15 is 0 Å². The number of nitrogens with zero attached hydrogens (tertiary/aromatic N) is 2. The third kappa shape index (κ3) is 6.01. The number of hydrogen-bond acceptors (Lipinski definition) is 8. The molecule has 0 aliphatic heterocycles. The summed E-state index contributed by atoms with van der Waals surface area (Å²) in [5.41, 5.74) is 4.07. The molecule has 0 saturated carbocycles. The zero-order chi connectivity index (χ0) is 24.7. The highest BCUT2D eigenvalue weighted by Gasteiger charge is 2.23. The van der Waals surface area contributed by atoms with E-state index in [4.69, 9.17) is 9.47 Å². The van der Waals surface area contributed by atoms with Crippen molar-refractivity contribution in [2.45, 2.75) is 18.7 Å². The molecular formula is C23H24N4O6S. The van der Waals surface area contributed by atoms with Crippen LogP contribution in [0.25, 0.3) is 0 Å². The van der Waals surface area contributed by atoms with Crippen molar-refractivity contribution >= 4 is 32.8 Å². The van der Waals surface area contributed by atoms with Crippen LogP contribution in [0.3, 0.4) is 0 Å². The fraction of sp³-hybridized carbons (Fsp3) is 0.174. The van der Waals surface area contributed by atoms with Crippen LogP contribution in [0.5, 0.6) is 11.5 Å². The number of non-ortho nitro benzene ring substituents is 1. The fourth-order valence-corrected chi connectivity index (χ4v) is 4.21. The molecular weight excluding hydrogens is 460 g/mol. The second-order valence-corrected chi connectivity index (χ2v) is 8.69. The minimum Gasteiger partial charge on any atom is -0.497 e. The predicted octanol–water partition coefficient (Wildman–Crippen LogP) is 4.64. The number of ether oxygens (including phenoxy) is 2. The van der Waals surface area contributed by atoms with Gasteiger partial charge in [-0.1, -0.05) is 0 Å². The van der Waals surface area contributed by atoms with Gasteiger partial charge in [0.1, 0.15) is 16.4 Å².